The molecular weight excluding hydrogens is 186 g/mol. The van der Waals surface area contributed by atoms with Crippen LogP contribution in [0.1, 0.15) is 26.7 Å². The van der Waals surface area contributed by atoms with Crippen molar-refractivity contribution in [2.75, 3.05) is 18.1 Å². The maximum atomic E-state index is 11.4. The monoisotopic (exact) mass is 205 g/mol. The summed E-state index contributed by atoms with van der Waals surface area (Å²) < 4.78 is 22.8. The van der Waals surface area contributed by atoms with Crippen molar-refractivity contribution < 1.29 is 8.42 Å². The Kier molecular flexibility index (Phi) is 3.74. The Balaban J connectivity index is 2.46. The van der Waals surface area contributed by atoms with E-state index in [4.69, 9.17) is 0 Å². The van der Waals surface area contributed by atoms with Crippen LogP contribution in [0.25, 0.3) is 0 Å². The van der Waals surface area contributed by atoms with Crippen molar-refractivity contribution in [2.24, 2.45) is 5.92 Å². The van der Waals surface area contributed by atoms with E-state index in [1.165, 1.54) is 12.8 Å². The highest BCUT2D eigenvalue weighted by molar-refractivity contribution is 7.91. The SMILES string of the molecule is CCNC(CS(=O)(=O)CC)C1CC1. The molecule has 3 nitrogen and oxygen atoms in total. The number of hydrogen-bond acceptors (Lipinski definition) is 3. The minimum Gasteiger partial charge on any atom is -0.313 e. The molecule has 0 aromatic carbocycles. The number of sulfone groups is 1. The van der Waals surface area contributed by atoms with Crippen LogP contribution in [0.3, 0.4) is 0 Å². The van der Waals surface area contributed by atoms with Gasteiger partial charge in [-0.25, -0.2) is 8.42 Å². The molecule has 1 saturated carbocycles. The molecule has 1 N–H and O–H groups in total. The predicted molar refractivity (Wildman–Crippen MR) is 54.5 cm³/mol. The second-order valence-corrected chi connectivity index (χ2v) is 6.10. The first-order valence-corrected chi connectivity index (χ1v) is 6.85. The quantitative estimate of drug-likeness (QED) is 0.698. The smallest absolute Gasteiger partial charge is 0.151 e. The normalized spacial score (nSPS) is 20.2. The topological polar surface area (TPSA) is 46.2 Å². The van der Waals surface area contributed by atoms with Crippen LogP contribution in [0.5, 0.6) is 0 Å². The molecule has 13 heavy (non-hydrogen) atoms. The van der Waals surface area contributed by atoms with E-state index in [1.54, 1.807) is 6.92 Å². The average molecular weight is 205 g/mol. The molecule has 1 aliphatic carbocycles. The van der Waals surface area contributed by atoms with Gasteiger partial charge in [-0.15, -0.1) is 0 Å². The fourth-order valence-corrected chi connectivity index (χ4v) is 2.69. The number of hydrogen-bond donors (Lipinski definition) is 1. The summed E-state index contributed by atoms with van der Waals surface area (Å²) in [4.78, 5) is 0. The van der Waals surface area contributed by atoms with Crippen LogP contribution in [0.4, 0.5) is 0 Å². The Morgan fingerprint density at radius 3 is 2.38 bits per heavy atom. The zero-order valence-corrected chi connectivity index (χ0v) is 9.23. The molecule has 0 radical (unpaired) electrons. The highest BCUT2D eigenvalue weighted by atomic mass is 32.2. The fourth-order valence-electron chi connectivity index (χ4n) is 1.51. The number of nitrogens with one attached hydrogen (secondary N) is 1. The maximum absolute atomic E-state index is 11.4. The van der Waals surface area contributed by atoms with Crippen molar-refractivity contribution in [3.63, 3.8) is 0 Å². The van der Waals surface area contributed by atoms with Crippen LogP contribution >= 0.6 is 0 Å². The molecule has 1 rings (SSSR count). The molecule has 1 aliphatic rings. The van der Waals surface area contributed by atoms with Crippen LogP contribution in [0.15, 0.2) is 0 Å². The Morgan fingerprint density at radius 1 is 1.38 bits per heavy atom. The molecule has 1 atom stereocenters. The summed E-state index contributed by atoms with van der Waals surface area (Å²) >= 11 is 0. The highest BCUT2D eigenvalue weighted by Gasteiger charge is 2.33. The van der Waals surface area contributed by atoms with Crippen LogP contribution in [0.2, 0.25) is 0 Å². The molecule has 0 aliphatic heterocycles. The van der Waals surface area contributed by atoms with E-state index in [0.29, 0.717) is 11.7 Å². The summed E-state index contributed by atoms with van der Waals surface area (Å²) in [7, 11) is -2.81. The molecule has 1 unspecified atom stereocenters. The molecule has 0 saturated heterocycles. The summed E-state index contributed by atoms with van der Waals surface area (Å²) in [5.74, 6) is 1.20. The van der Waals surface area contributed by atoms with Gasteiger partial charge in [-0.05, 0) is 25.3 Å². The second-order valence-electron chi connectivity index (χ2n) is 3.70. The summed E-state index contributed by atoms with van der Waals surface area (Å²) in [5.41, 5.74) is 0. The minimum atomic E-state index is -2.81. The summed E-state index contributed by atoms with van der Waals surface area (Å²) in [6, 6.07) is 0.204. The molecular formula is C9H19NO2S. The van der Waals surface area contributed by atoms with Gasteiger partial charge in [0.15, 0.2) is 9.84 Å². The van der Waals surface area contributed by atoms with Crippen LogP contribution in [-0.2, 0) is 9.84 Å². The largest absolute Gasteiger partial charge is 0.313 e. The van der Waals surface area contributed by atoms with Crippen molar-refractivity contribution >= 4 is 9.84 Å². The van der Waals surface area contributed by atoms with Gasteiger partial charge in [-0.2, -0.15) is 0 Å². The third-order valence-electron chi connectivity index (χ3n) is 2.53. The Hall–Kier alpha value is -0.0900. The first-order chi connectivity index (χ1) is 6.09. The lowest BCUT2D eigenvalue weighted by Gasteiger charge is -2.16. The van der Waals surface area contributed by atoms with Gasteiger partial charge in [0.2, 0.25) is 0 Å². The third-order valence-corrected chi connectivity index (χ3v) is 4.28. The predicted octanol–water partition coefficient (Wildman–Crippen LogP) is 0.809. The van der Waals surface area contributed by atoms with Crippen molar-refractivity contribution in [2.45, 2.75) is 32.7 Å². The van der Waals surface area contributed by atoms with Crippen molar-refractivity contribution in [1.82, 2.24) is 5.32 Å². The first kappa shape index (κ1) is 11.0. The Bertz CT molecular complexity index is 244. The Morgan fingerprint density at radius 2 is 2.00 bits per heavy atom. The van der Waals surface area contributed by atoms with Crippen molar-refractivity contribution in [3.8, 4) is 0 Å². The van der Waals surface area contributed by atoms with Gasteiger partial charge in [0, 0.05) is 11.8 Å². The van der Waals surface area contributed by atoms with Gasteiger partial charge in [-0.3, -0.25) is 0 Å². The van der Waals surface area contributed by atoms with E-state index in [9.17, 15) is 8.42 Å². The van der Waals surface area contributed by atoms with E-state index < -0.39 is 9.84 Å². The van der Waals surface area contributed by atoms with Gasteiger partial charge < -0.3 is 5.32 Å². The molecule has 0 bridgehead atoms. The van der Waals surface area contributed by atoms with Gasteiger partial charge in [0.1, 0.15) is 0 Å². The zero-order chi connectivity index (χ0) is 9.90. The van der Waals surface area contributed by atoms with Crippen LogP contribution in [-0.4, -0.2) is 32.5 Å². The standard InChI is InChI=1S/C9H19NO2S/c1-3-10-9(8-5-6-8)7-13(11,12)4-2/h8-10H,3-7H2,1-2H3. The van der Waals surface area contributed by atoms with Crippen molar-refractivity contribution in [1.29, 1.82) is 0 Å². The van der Waals surface area contributed by atoms with Crippen LogP contribution < -0.4 is 5.32 Å². The molecule has 0 spiro atoms. The van der Waals surface area contributed by atoms with Gasteiger partial charge in [-0.1, -0.05) is 13.8 Å². The summed E-state index contributed by atoms with van der Waals surface area (Å²) in [6.07, 6.45) is 2.38. The van der Waals surface area contributed by atoms with Gasteiger partial charge in [0.25, 0.3) is 0 Å². The van der Waals surface area contributed by atoms with Gasteiger partial charge >= 0.3 is 0 Å². The zero-order valence-electron chi connectivity index (χ0n) is 8.41. The van der Waals surface area contributed by atoms with E-state index in [-0.39, 0.29) is 11.8 Å². The van der Waals surface area contributed by atoms with Crippen LogP contribution in [0, 0.1) is 5.92 Å². The molecule has 0 amide bonds. The molecule has 0 aromatic heterocycles. The molecule has 1 fully saturated rings. The van der Waals surface area contributed by atoms with E-state index in [2.05, 4.69) is 5.32 Å². The number of rotatable bonds is 6. The lowest BCUT2D eigenvalue weighted by molar-refractivity contribution is 0.502. The highest BCUT2D eigenvalue weighted by Crippen LogP contribution is 2.33. The molecule has 0 heterocycles. The maximum Gasteiger partial charge on any atom is 0.151 e. The first-order valence-electron chi connectivity index (χ1n) is 5.03. The lowest BCUT2D eigenvalue weighted by atomic mass is 10.2. The third kappa shape index (κ3) is 3.65. The lowest BCUT2D eigenvalue weighted by Crippen LogP contribution is -2.37. The average Bonchev–Trinajstić information content (AvgIpc) is 2.86. The molecule has 4 heteroatoms. The Labute approximate surface area is 80.8 Å². The molecule has 0 aromatic rings. The molecule has 78 valence electrons. The van der Waals surface area contributed by atoms with Gasteiger partial charge in [0.05, 0.1) is 5.75 Å². The minimum absolute atomic E-state index is 0.204. The van der Waals surface area contributed by atoms with E-state index in [1.807, 2.05) is 6.92 Å². The second kappa shape index (κ2) is 4.42. The van der Waals surface area contributed by atoms with E-state index in [0.717, 1.165) is 6.54 Å². The fraction of sp³-hybridized carbons (Fsp3) is 1.00. The van der Waals surface area contributed by atoms with Crippen molar-refractivity contribution in [3.05, 3.63) is 0 Å². The van der Waals surface area contributed by atoms with E-state index >= 15 is 0 Å². The summed E-state index contributed by atoms with van der Waals surface area (Å²) in [5, 5.41) is 3.26. The summed E-state index contributed by atoms with van der Waals surface area (Å²) in [6.45, 7) is 4.60.